The number of hydrogen-bond donors (Lipinski definition) is 1. The van der Waals surface area contributed by atoms with Crippen LogP contribution in [0.3, 0.4) is 0 Å². The summed E-state index contributed by atoms with van der Waals surface area (Å²) < 4.78 is 5.44. The maximum Gasteiger partial charge on any atom is 0.0652 e. The summed E-state index contributed by atoms with van der Waals surface area (Å²) in [6, 6.07) is 0.636. The lowest BCUT2D eigenvalue weighted by molar-refractivity contribution is -0.0972. The van der Waals surface area contributed by atoms with Crippen molar-refractivity contribution in [2.75, 3.05) is 13.7 Å². The van der Waals surface area contributed by atoms with Gasteiger partial charge in [0.2, 0.25) is 0 Å². The molecule has 0 saturated heterocycles. The van der Waals surface area contributed by atoms with E-state index in [0.29, 0.717) is 17.6 Å². The van der Waals surface area contributed by atoms with Crippen LogP contribution in [0.5, 0.6) is 0 Å². The lowest BCUT2D eigenvalue weighted by Crippen LogP contribution is -2.60. The van der Waals surface area contributed by atoms with Gasteiger partial charge in [0.15, 0.2) is 0 Å². The van der Waals surface area contributed by atoms with Crippen LogP contribution in [0.15, 0.2) is 12.7 Å². The van der Waals surface area contributed by atoms with Crippen molar-refractivity contribution in [3.63, 3.8) is 0 Å². The van der Waals surface area contributed by atoms with Gasteiger partial charge in [-0.25, -0.2) is 0 Å². The second-order valence-corrected chi connectivity index (χ2v) is 5.43. The molecule has 2 atom stereocenters. The van der Waals surface area contributed by atoms with Crippen LogP contribution in [0, 0.1) is 5.41 Å². The molecule has 1 fully saturated rings. The molecule has 0 bridgehead atoms. The summed E-state index contributed by atoms with van der Waals surface area (Å²) in [4.78, 5) is 0. The Kier molecular flexibility index (Phi) is 5.50. The molecule has 0 aromatic rings. The smallest absolute Gasteiger partial charge is 0.0652 e. The first kappa shape index (κ1) is 13.7. The van der Waals surface area contributed by atoms with Crippen LogP contribution in [0.2, 0.25) is 0 Å². The van der Waals surface area contributed by atoms with Crippen LogP contribution in [-0.2, 0) is 4.74 Å². The van der Waals surface area contributed by atoms with Crippen molar-refractivity contribution < 1.29 is 4.74 Å². The standard InChI is InChI=1S/C14H27NO/c1-5-6-7-8-9-10-15-12-11-13(16-4)14(12,2)3/h5,12-13,15H,1,6-11H2,2-4H3. The summed E-state index contributed by atoms with van der Waals surface area (Å²) in [5.74, 6) is 0. The van der Waals surface area contributed by atoms with Crippen molar-refractivity contribution in [2.45, 2.75) is 58.1 Å². The zero-order chi connectivity index (χ0) is 12.0. The van der Waals surface area contributed by atoms with Gasteiger partial charge in [-0.05, 0) is 32.2 Å². The molecule has 0 aliphatic heterocycles. The number of ether oxygens (including phenoxy) is 1. The summed E-state index contributed by atoms with van der Waals surface area (Å²) in [7, 11) is 1.82. The average Bonchev–Trinajstić information content (AvgIpc) is 2.26. The van der Waals surface area contributed by atoms with Crippen LogP contribution >= 0.6 is 0 Å². The molecule has 2 unspecified atom stereocenters. The van der Waals surface area contributed by atoms with E-state index in [9.17, 15) is 0 Å². The third-order valence-corrected chi connectivity index (χ3v) is 3.94. The van der Waals surface area contributed by atoms with Crippen LogP contribution in [-0.4, -0.2) is 25.8 Å². The van der Waals surface area contributed by atoms with E-state index < -0.39 is 0 Å². The number of methoxy groups -OCH3 is 1. The summed E-state index contributed by atoms with van der Waals surface area (Å²) in [6.45, 7) is 9.46. The summed E-state index contributed by atoms with van der Waals surface area (Å²) in [5.41, 5.74) is 0.301. The SMILES string of the molecule is C=CCCCCCNC1CC(OC)C1(C)C. The Morgan fingerprint density at radius 1 is 1.38 bits per heavy atom. The third kappa shape index (κ3) is 3.33. The van der Waals surface area contributed by atoms with Crippen molar-refractivity contribution in [2.24, 2.45) is 5.41 Å². The first-order chi connectivity index (χ1) is 7.62. The maximum atomic E-state index is 5.44. The number of nitrogens with one attached hydrogen (secondary N) is 1. The molecular weight excluding hydrogens is 198 g/mol. The Bertz CT molecular complexity index is 213. The summed E-state index contributed by atoms with van der Waals surface area (Å²) in [6.07, 6.45) is 8.62. The second kappa shape index (κ2) is 6.41. The fourth-order valence-electron chi connectivity index (χ4n) is 2.50. The molecule has 0 aromatic carbocycles. The molecule has 1 N–H and O–H groups in total. The molecule has 2 nitrogen and oxygen atoms in total. The highest BCUT2D eigenvalue weighted by atomic mass is 16.5. The molecule has 0 spiro atoms. The quantitative estimate of drug-likeness (QED) is 0.506. The Morgan fingerprint density at radius 3 is 2.69 bits per heavy atom. The van der Waals surface area contributed by atoms with Gasteiger partial charge in [0.05, 0.1) is 6.10 Å². The maximum absolute atomic E-state index is 5.44. The number of hydrogen-bond acceptors (Lipinski definition) is 2. The fourth-order valence-corrected chi connectivity index (χ4v) is 2.50. The molecular formula is C14H27NO. The first-order valence-electron chi connectivity index (χ1n) is 6.50. The van der Waals surface area contributed by atoms with Crippen LogP contribution in [0.25, 0.3) is 0 Å². The number of allylic oxidation sites excluding steroid dienone is 1. The van der Waals surface area contributed by atoms with Crippen molar-refractivity contribution in [1.29, 1.82) is 0 Å². The molecule has 2 heteroatoms. The molecule has 1 saturated carbocycles. The van der Waals surface area contributed by atoms with Gasteiger partial charge >= 0.3 is 0 Å². The normalized spacial score (nSPS) is 27.4. The molecule has 1 aliphatic rings. The van der Waals surface area contributed by atoms with Gasteiger partial charge in [-0.1, -0.05) is 26.3 Å². The summed E-state index contributed by atoms with van der Waals surface area (Å²) in [5, 5.41) is 3.64. The van der Waals surface area contributed by atoms with Crippen LogP contribution in [0.4, 0.5) is 0 Å². The van der Waals surface area contributed by atoms with Crippen molar-refractivity contribution in [3.05, 3.63) is 12.7 Å². The second-order valence-electron chi connectivity index (χ2n) is 5.43. The summed E-state index contributed by atoms with van der Waals surface area (Å²) >= 11 is 0. The minimum absolute atomic E-state index is 0.301. The largest absolute Gasteiger partial charge is 0.381 e. The van der Waals surface area contributed by atoms with E-state index in [1.54, 1.807) is 0 Å². The molecule has 1 aliphatic carbocycles. The minimum atomic E-state index is 0.301. The molecule has 0 aromatic heterocycles. The molecule has 0 radical (unpaired) electrons. The van der Waals surface area contributed by atoms with Gasteiger partial charge in [0.25, 0.3) is 0 Å². The van der Waals surface area contributed by atoms with E-state index in [0.717, 1.165) is 19.4 Å². The van der Waals surface area contributed by atoms with Crippen LogP contribution in [0.1, 0.15) is 46.0 Å². The average molecular weight is 225 g/mol. The van der Waals surface area contributed by atoms with E-state index in [1.165, 1.54) is 19.3 Å². The lowest BCUT2D eigenvalue weighted by atomic mass is 9.64. The van der Waals surface area contributed by atoms with Crippen LogP contribution < -0.4 is 5.32 Å². The zero-order valence-corrected chi connectivity index (χ0v) is 11.1. The van der Waals surface area contributed by atoms with Gasteiger partial charge in [0, 0.05) is 18.6 Å². The van der Waals surface area contributed by atoms with Crippen molar-refractivity contribution >= 4 is 0 Å². The monoisotopic (exact) mass is 225 g/mol. The van der Waals surface area contributed by atoms with Gasteiger partial charge in [-0.15, -0.1) is 6.58 Å². The van der Waals surface area contributed by atoms with Gasteiger partial charge in [-0.3, -0.25) is 0 Å². The number of rotatable bonds is 8. The van der Waals surface area contributed by atoms with E-state index in [2.05, 4.69) is 25.7 Å². The van der Waals surface area contributed by atoms with Gasteiger partial charge in [-0.2, -0.15) is 0 Å². The zero-order valence-electron chi connectivity index (χ0n) is 11.1. The van der Waals surface area contributed by atoms with Gasteiger partial charge in [0.1, 0.15) is 0 Å². The minimum Gasteiger partial charge on any atom is -0.381 e. The fraction of sp³-hybridized carbons (Fsp3) is 0.857. The van der Waals surface area contributed by atoms with Gasteiger partial charge < -0.3 is 10.1 Å². The lowest BCUT2D eigenvalue weighted by Gasteiger charge is -2.51. The van der Waals surface area contributed by atoms with E-state index in [4.69, 9.17) is 4.74 Å². The van der Waals surface area contributed by atoms with Crippen molar-refractivity contribution in [3.8, 4) is 0 Å². The highest BCUT2D eigenvalue weighted by molar-refractivity contribution is 5.02. The molecule has 1 rings (SSSR count). The van der Waals surface area contributed by atoms with Crippen molar-refractivity contribution in [1.82, 2.24) is 5.32 Å². The molecule has 16 heavy (non-hydrogen) atoms. The highest BCUT2D eigenvalue weighted by Gasteiger charge is 2.47. The molecule has 94 valence electrons. The Morgan fingerprint density at radius 2 is 2.12 bits per heavy atom. The van der Waals surface area contributed by atoms with E-state index in [1.807, 2.05) is 13.2 Å². The predicted octanol–water partition coefficient (Wildman–Crippen LogP) is 3.14. The topological polar surface area (TPSA) is 21.3 Å². The Hall–Kier alpha value is -0.340. The number of unbranched alkanes of at least 4 members (excludes halogenated alkanes) is 3. The Labute approximate surface area is 100 Å². The molecule has 0 heterocycles. The highest BCUT2D eigenvalue weighted by Crippen LogP contribution is 2.42. The predicted molar refractivity (Wildman–Crippen MR) is 69.7 cm³/mol. The third-order valence-electron chi connectivity index (χ3n) is 3.94. The first-order valence-corrected chi connectivity index (χ1v) is 6.50. The van der Waals surface area contributed by atoms with E-state index in [-0.39, 0.29) is 0 Å². The molecule has 0 amide bonds. The Balaban J connectivity index is 2.04. The van der Waals surface area contributed by atoms with E-state index >= 15 is 0 Å².